The van der Waals surface area contributed by atoms with E-state index in [1.807, 2.05) is 54.6 Å². The van der Waals surface area contributed by atoms with E-state index in [1.165, 1.54) is 18.2 Å². The molecular formula is C27H18FeN3O3. The van der Waals surface area contributed by atoms with Crippen molar-refractivity contribution < 1.29 is 32.4 Å². The zero-order valence-electron chi connectivity index (χ0n) is 17.8. The molecule has 3 heterocycles. The smallest absolute Gasteiger partial charge is 0.871 e. The monoisotopic (exact) mass is 488 g/mol. The third kappa shape index (κ3) is 5.78. The molecule has 0 aliphatic carbocycles. The number of hydrogen-bond acceptors (Lipinski definition) is 6. The third-order valence-electron chi connectivity index (χ3n) is 4.79. The van der Waals surface area contributed by atoms with Crippen molar-refractivity contribution in [2.45, 2.75) is 0 Å². The molecule has 6 nitrogen and oxygen atoms in total. The van der Waals surface area contributed by atoms with Gasteiger partial charge < -0.3 is 15.3 Å². The number of aromatic nitrogens is 3. The summed E-state index contributed by atoms with van der Waals surface area (Å²) in [7, 11) is 0. The van der Waals surface area contributed by atoms with Crippen molar-refractivity contribution in [3.8, 4) is 17.2 Å². The van der Waals surface area contributed by atoms with E-state index >= 15 is 0 Å². The second kappa shape index (κ2) is 11.6. The average molecular weight is 488 g/mol. The zero-order valence-corrected chi connectivity index (χ0v) is 18.9. The summed E-state index contributed by atoms with van der Waals surface area (Å²) in [5, 5.41) is 36.1. The van der Waals surface area contributed by atoms with Crippen LogP contribution in [0.15, 0.2) is 110 Å². The molecule has 0 atom stereocenters. The van der Waals surface area contributed by atoms with Crippen LogP contribution in [0.5, 0.6) is 17.2 Å². The molecule has 0 amide bonds. The summed E-state index contributed by atoms with van der Waals surface area (Å²) in [6, 6.07) is 26.5. The minimum Gasteiger partial charge on any atom is -0.871 e. The molecule has 6 aromatic rings. The summed E-state index contributed by atoms with van der Waals surface area (Å²) in [5.74, 6) is -0.0331. The van der Waals surface area contributed by atoms with Gasteiger partial charge in [0.2, 0.25) is 0 Å². The summed E-state index contributed by atoms with van der Waals surface area (Å²) in [5.41, 5.74) is 1.65. The summed E-state index contributed by atoms with van der Waals surface area (Å²) in [6.07, 6.45) is 4.89. The number of benzene rings is 3. The Morgan fingerprint density at radius 2 is 0.647 bits per heavy atom. The molecule has 6 rings (SSSR count). The fourth-order valence-electron chi connectivity index (χ4n) is 3.23. The first kappa shape index (κ1) is 24.5. The van der Waals surface area contributed by atoms with Crippen LogP contribution in [0, 0.1) is 0 Å². The number of pyridine rings is 3. The SMILES string of the molecule is [Fe+3].[O-]c1cccc2cccnc12.[O-]c1cccc2cccnc12.[O-]c1cccc2cccnc12. The molecule has 3 aromatic heterocycles. The molecule has 0 aliphatic heterocycles. The van der Waals surface area contributed by atoms with E-state index in [1.54, 1.807) is 36.8 Å². The van der Waals surface area contributed by atoms with Crippen molar-refractivity contribution in [1.29, 1.82) is 0 Å². The first-order valence-corrected chi connectivity index (χ1v) is 10.2. The maximum Gasteiger partial charge on any atom is 3.00 e. The van der Waals surface area contributed by atoms with Gasteiger partial charge in [-0.25, -0.2) is 0 Å². The van der Waals surface area contributed by atoms with Crippen molar-refractivity contribution in [2.24, 2.45) is 0 Å². The summed E-state index contributed by atoms with van der Waals surface area (Å²) in [4.78, 5) is 11.9. The van der Waals surface area contributed by atoms with E-state index < -0.39 is 0 Å². The number of hydrogen-bond donors (Lipinski definition) is 0. The maximum atomic E-state index is 11.1. The van der Waals surface area contributed by atoms with E-state index in [2.05, 4.69) is 15.0 Å². The van der Waals surface area contributed by atoms with Gasteiger partial charge in [0.1, 0.15) is 0 Å². The fourth-order valence-corrected chi connectivity index (χ4v) is 3.23. The number of nitrogens with zero attached hydrogens (tertiary/aromatic N) is 3. The maximum absolute atomic E-state index is 11.1. The minimum absolute atomic E-state index is 0. The van der Waals surface area contributed by atoms with Crippen LogP contribution in [0.4, 0.5) is 0 Å². The molecule has 0 spiro atoms. The molecule has 7 heteroatoms. The quantitative estimate of drug-likeness (QED) is 0.300. The van der Waals surface area contributed by atoms with Gasteiger partial charge in [-0.2, -0.15) is 0 Å². The Hall–Kier alpha value is -4.19. The Bertz CT molecular complexity index is 1330. The number of rotatable bonds is 0. The normalized spacial score (nSPS) is 9.88. The predicted molar refractivity (Wildman–Crippen MR) is 124 cm³/mol. The van der Waals surface area contributed by atoms with E-state index in [4.69, 9.17) is 0 Å². The number of para-hydroxylation sites is 3. The average Bonchev–Trinajstić information content (AvgIpc) is 2.86. The molecule has 0 unspecified atom stereocenters. The second-order valence-corrected chi connectivity index (χ2v) is 6.99. The van der Waals surface area contributed by atoms with Crippen LogP contribution in [0.1, 0.15) is 0 Å². The second-order valence-electron chi connectivity index (χ2n) is 6.99. The largest absolute Gasteiger partial charge is 3.00 e. The van der Waals surface area contributed by atoms with Crippen LogP contribution in [-0.4, -0.2) is 15.0 Å². The van der Waals surface area contributed by atoms with Crippen LogP contribution in [0.25, 0.3) is 32.7 Å². The van der Waals surface area contributed by atoms with Gasteiger partial charge in [-0.1, -0.05) is 90.0 Å². The molecule has 0 saturated carbocycles. The van der Waals surface area contributed by atoms with Gasteiger partial charge in [0, 0.05) is 18.6 Å². The molecule has 0 bridgehead atoms. The molecule has 0 fully saturated rings. The summed E-state index contributed by atoms with van der Waals surface area (Å²) < 4.78 is 0. The van der Waals surface area contributed by atoms with Gasteiger partial charge in [-0.15, -0.1) is 0 Å². The van der Waals surface area contributed by atoms with Crippen LogP contribution >= 0.6 is 0 Å². The molecule has 1 radical (unpaired) electrons. The van der Waals surface area contributed by atoms with Gasteiger partial charge in [0.15, 0.2) is 0 Å². The van der Waals surface area contributed by atoms with Crippen LogP contribution in [0.3, 0.4) is 0 Å². The third-order valence-corrected chi connectivity index (χ3v) is 4.79. The van der Waals surface area contributed by atoms with Gasteiger partial charge in [-0.3, -0.25) is 15.0 Å². The fraction of sp³-hybridized carbons (Fsp3) is 0. The number of fused-ring (bicyclic) bond motifs is 3. The Morgan fingerprint density at radius 3 is 0.912 bits per heavy atom. The zero-order chi connectivity index (χ0) is 23.0. The Morgan fingerprint density at radius 1 is 0.382 bits per heavy atom. The minimum atomic E-state index is -0.0110. The van der Waals surface area contributed by atoms with Crippen LogP contribution < -0.4 is 15.3 Å². The Labute approximate surface area is 206 Å². The predicted octanol–water partition coefficient (Wildman–Crippen LogP) is 3.92. The van der Waals surface area contributed by atoms with E-state index in [0.29, 0.717) is 16.6 Å². The first-order valence-electron chi connectivity index (χ1n) is 10.2. The van der Waals surface area contributed by atoms with Gasteiger partial charge in [-0.05, 0) is 34.4 Å². The van der Waals surface area contributed by atoms with Crippen molar-refractivity contribution >= 4 is 32.7 Å². The molecule has 0 saturated heterocycles. The van der Waals surface area contributed by atoms with E-state index in [-0.39, 0.29) is 34.3 Å². The van der Waals surface area contributed by atoms with Crippen molar-refractivity contribution in [3.63, 3.8) is 0 Å². The van der Waals surface area contributed by atoms with E-state index in [0.717, 1.165) is 16.2 Å². The Kier molecular flexibility index (Phi) is 8.35. The van der Waals surface area contributed by atoms with Crippen molar-refractivity contribution in [1.82, 2.24) is 15.0 Å². The molecule has 0 N–H and O–H groups in total. The molecule has 3 aromatic carbocycles. The Balaban J connectivity index is 0.000000141. The molecule has 167 valence electrons. The molecular weight excluding hydrogens is 470 g/mol. The summed E-state index contributed by atoms with van der Waals surface area (Å²) >= 11 is 0. The first-order chi connectivity index (χ1) is 16.1. The van der Waals surface area contributed by atoms with Gasteiger partial charge in [0.05, 0.1) is 16.6 Å². The van der Waals surface area contributed by atoms with Crippen molar-refractivity contribution in [2.75, 3.05) is 0 Å². The molecule has 0 aliphatic rings. The van der Waals surface area contributed by atoms with Crippen molar-refractivity contribution in [3.05, 3.63) is 110 Å². The molecule has 34 heavy (non-hydrogen) atoms. The van der Waals surface area contributed by atoms with E-state index in [9.17, 15) is 15.3 Å². The topological polar surface area (TPSA) is 108 Å². The van der Waals surface area contributed by atoms with Crippen LogP contribution in [-0.2, 0) is 17.1 Å². The van der Waals surface area contributed by atoms with Gasteiger partial charge in [0.25, 0.3) is 0 Å². The van der Waals surface area contributed by atoms with Gasteiger partial charge >= 0.3 is 17.1 Å². The summed E-state index contributed by atoms with van der Waals surface area (Å²) in [6.45, 7) is 0. The standard InChI is InChI=1S/3C9H7NO.Fe/c3*11-8-5-1-3-7-4-2-6-10-9(7)8;/h3*1-6,11H;/q;;;+3/p-3. The van der Waals surface area contributed by atoms with Crippen LogP contribution in [0.2, 0.25) is 0 Å².